The fourth-order valence-corrected chi connectivity index (χ4v) is 4.17. The van der Waals surface area contributed by atoms with Crippen LogP contribution in [0, 0.1) is 0 Å². The van der Waals surface area contributed by atoms with Crippen molar-refractivity contribution >= 4 is 35.8 Å². The summed E-state index contributed by atoms with van der Waals surface area (Å²) in [5, 5.41) is 12.0. The second kappa shape index (κ2) is 10.6. The lowest BCUT2D eigenvalue weighted by molar-refractivity contribution is -0.142. The van der Waals surface area contributed by atoms with Gasteiger partial charge in [0.2, 0.25) is 0 Å². The molecule has 0 aromatic carbocycles. The first-order valence-electron chi connectivity index (χ1n) is 10.6. The highest BCUT2D eigenvalue weighted by Crippen LogP contribution is 2.17. The Morgan fingerprint density at radius 1 is 1.14 bits per heavy atom. The lowest BCUT2D eigenvalue weighted by atomic mass is 10.2. The highest BCUT2D eigenvalue weighted by molar-refractivity contribution is 14.0. The number of carbonyl (C=O) groups excluding carboxylic acids is 1. The minimum atomic E-state index is -0.229. The van der Waals surface area contributed by atoms with Gasteiger partial charge in [-0.05, 0) is 32.6 Å². The predicted octanol–water partition coefficient (Wildman–Crippen LogP) is 1.02. The van der Waals surface area contributed by atoms with Gasteiger partial charge in [-0.25, -0.2) is 4.99 Å². The molecule has 9 nitrogen and oxygen atoms in total. The van der Waals surface area contributed by atoms with Crippen LogP contribution in [0.1, 0.15) is 44.3 Å². The number of aromatic nitrogens is 3. The van der Waals surface area contributed by atoms with Crippen LogP contribution >= 0.6 is 24.0 Å². The number of hydrogen-bond acceptors (Lipinski definition) is 5. The monoisotopic (exact) mass is 517 g/mol. The number of guanidine groups is 1. The van der Waals surface area contributed by atoms with Crippen LogP contribution in [0.5, 0.6) is 0 Å². The Morgan fingerprint density at radius 3 is 2.66 bits per heavy atom. The molecule has 10 heteroatoms. The number of piperazine rings is 1. The fraction of sp³-hybridized carbons (Fsp3) is 0.789. The predicted molar refractivity (Wildman–Crippen MR) is 120 cm³/mol. The van der Waals surface area contributed by atoms with Gasteiger partial charge in [-0.2, -0.15) is 0 Å². The summed E-state index contributed by atoms with van der Waals surface area (Å²) in [7, 11) is 0. The number of hydrogen-bond donors (Lipinski definition) is 1. The lowest BCUT2D eigenvalue weighted by Gasteiger charge is -2.37. The number of fused-ring (bicyclic) bond motifs is 1. The first kappa shape index (κ1) is 22.3. The molecule has 4 rings (SSSR count). The Labute approximate surface area is 189 Å². The normalized spacial score (nSPS) is 22.2. The second-order valence-corrected chi connectivity index (χ2v) is 7.63. The molecule has 1 aromatic rings. The fourth-order valence-electron chi connectivity index (χ4n) is 4.17. The summed E-state index contributed by atoms with van der Waals surface area (Å²) in [6, 6.07) is 0. The number of nitrogens with one attached hydrogen (secondary N) is 1. The molecule has 1 atom stereocenters. The van der Waals surface area contributed by atoms with Crippen molar-refractivity contribution in [2.45, 2.75) is 58.2 Å². The Kier molecular flexibility index (Phi) is 8.10. The molecule has 0 radical (unpaired) electrons. The topological polar surface area (TPSA) is 87.9 Å². The molecule has 3 aliphatic rings. The van der Waals surface area contributed by atoms with E-state index in [9.17, 15) is 4.79 Å². The minimum absolute atomic E-state index is 0. The van der Waals surface area contributed by atoms with Crippen molar-refractivity contribution < 1.29 is 9.53 Å². The van der Waals surface area contributed by atoms with Crippen LogP contribution in [0.25, 0.3) is 0 Å². The zero-order chi connectivity index (χ0) is 19.3. The molecular formula is C19H32IN7O2. The van der Waals surface area contributed by atoms with Crippen molar-refractivity contribution in [2.75, 3.05) is 39.3 Å². The number of ether oxygens (including phenoxy) is 1. The van der Waals surface area contributed by atoms with E-state index in [0.29, 0.717) is 26.2 Å². The van der Waals surface area contributed by atoms with Crippen molar-refractivity contribution in [3.05, 3.63) is 11.6 Å². The third-order valence-electron chi connectivity index (χ3n) is 5.74. The van der Waals surface area contributed by atoms with E-state index in [1.807, 2.05) is 4.90 Å². The number of carbonyl (C=O) groups is 1. The molecule has 1 amide bonds. The smallest absolute Gasteiger partial charge is 0.251 e. The molecule has 2 saturated heterocycles. The van der Waals surface area contributed by atoms with Gasteiger partial charge in [-0.3, -0.25) is 4.79 Å². The van der Waals surface area contributed by atoms with Gasteiger partial charge in [0.25, 0.3) is 5.91 Å². The summed E-state index contributed by atoms with van der Waals surface area (Å²) in [5.41, 5.74) is 0. The number of aryl methyl sites for hydroxylation is 1. The van der Waals surface area contributed by atoms with E-state index >= 15 is 0 Å². The number of nitrogens with zero attached hydrogens (tertiary/aromatic N) is 6. The van der Waals surface area contributed by atoms with E-state index in [-0.39, 0.29) is 36.0 Å². The molecule has 0 aliphatic carbocycles. The van der Waals surface area contributed by atoms with E-state index in [1.54, 1.807) is 0 Å². The molecule has 2 fully saturated rings. The summed E-state index contributed by atoms with van der Waals surface area (Å²) >= 11 is 0. The maximum absolute atomic E-state index is 12.5. The van der Waals surface area contributed by atoms with E-state index in [1.165, 1.54) is 12.8 Å². The zero-order valence-corrected chi connectivity index (χ0v) is 19.5. The molecule has 162 valence electrons. The molecular weight excluding hydrogens is 485 g/mol. The van der Waals surface area contributed by atoms with Crippen LogP contribution in [-0.4, -0.2) is 81.9 Å². The lowest BCUT2D eigenvalue weighted by Crippen LogP contribution is -2.55. The van der Waals surface area contributed by atoms with Crippen LogP contribution in [0.15, 0.2) is 4.99 Å². The second-order valence-electron chi connectivity index (χ2n) is 7.63. The number of aliphatic imine (C=N–C) groups is 1. The van der Waals surface area contributed by atoms with Crippen molar-refractivity contribution in [1.29, 1.82) is 0 Å². The Bertz CT molecular complexity index is 709. The summed E-state index contributed by atoms with van der Waals surface area (Å²) in [4.78, 5) is 21.5. The molecule has 0 bridgehead atoms. The molecule has 1 unspecified atom stereocenters. The molecule has 1 N–H and O–H groups in total. The van der Waals surface area contributed by atoms with Crippen molar-refractivity contribution in [3.63, 3.8) is 0 Å². The maximum Gasteiger partial charge on any atom is 0.251 e. The van der Waals surface area contributed by atoms with Crippen molar-refractivity contribution in [3.8, 4) is 0 Å². The number of amides is 1. The Hall–Kier alpha value is -1.43. The van der Waals surface area contributed by atoms with Crippen LogP contribution in [0.3, 0.4) is 0 Å². The van der Waals surface area contributed by atoms with E-state index in [2.05, 4.69) is 31.9 Å². The van der Waals surface area contributed by atoms with Crippen LogP contribution in [0.2, 0.25) is 0 Å². The van der Waals surface area contributed by atoms with Gasteiger partial charge in [0, 0.05) is 52.3 Å². The molecule has 0 spiro atoms. The van der Waals surface area contributed by atoms with Gasteiger partial charge < -0.3 is 24.4 Å². The van der Waals surface area contributed by atoms with Crippen LogP contribution in [-0.2, 0) is 29.0 Å². The molecule has 1 aromatic heterocycles. The standard InChI is InChI=1S/C19H31N7O2.HI/c1-2-20-19(21-14-17-23-22-16-7-3-4-8-26(16)17)25-11-9-24(10-12-25)18(27)15-6-5-13-28-15;/h15H,2-14H2,1H3,(H,20,21);1H. The SMILES string of the molecule is CCNC(=NCc1nnc2n1CCCC2)N1CCN(C(=O)C2CCCO2)CC1.I. The molecule has 4 heterocycles. The Balaban J connectivity index is 0.00000240. The van der Waals surface area contributed by atoms with Gasteiger partial charge in [0.1, 0.15) is 18.5 Å². The van der Waals surface area contributed by atoms with Gasteiger partial charge in [-0.1, -0.05) is 0 Å². The van der Waals surface area contributed by atoms with Gasteiger partial charge in [0.15, 0.2) is 11.8 Å². The van der Waals surface area contributed by atoms with Gasteiger partial charge in [-0.15, -0.1) is 34.2 Å². The average molecular weight is 517 g/mol. The van der Waals surface area contributed by atoms with E-state index < -0.39 is 0 Å². The quantitative estimate of drug-likeness (QED) is 0.365. The minimum Gasteiger partial charge on any atom is -0.368 e. The van der Waals surface area contributed by atoms with Crippen molar-refractivity contribution in [2.24, 2.45) is 4.99 Å². The number of halogens is 1. The third-order valence-corrected chi connectivity index (χ3v) is 5.74. The zero-order valence-electron chi connectivity index (χ0n) is 17.2. The van der Waals surface area contributed by atoms with Crippen molar-refractivity contribution in [1.82, 2.24) is 29.9 Å². The first-order chi connectivity index (χ1) is 13.8. The van der Waals surface area contributed by atoms with Gasteiger partial charge >= 0.3 is 0 Å². The largest absolute Gasteiger partial charge is 0.368 e. The summed E-state index contributed by atoms with van der Waals surface area (Å²) in [6.07, 6.45) is 5.00. The summed E-state index contributed by atoms with van der Waals surface area (Å²) in [5.74, 6) is 3.06. The van der Waals surface area contributed by atoms with Gasteiger partial charge in [0.05, 0.1) is 0 Å². The third kappa shape index (κ3) is 5.19. The summed E-state index contributed by atoms with van der Waals surface area (Å²) in [6.45, 7) is 8.10. The molecule has 0 saturated carbocycles. The molecule has 3 aliphatic heterocycles. The maximum atomic E-state index is 12.5. The Morgan fingerprint density at radius 2 is 1.93 bits per heavy atom. The first-order valence-corrected chi connectivity index (χ1v) is 10.6. The highest BCUT2D eigenvalue weighted by Gasteiger charge is 2.31. The average Bonchev–Trinajstić information content (AvgIpc) is 3.41. The van der Waals surface area contributed by atoms with Crippen LogP contribution < -0.4 is 5.32 Å². The van der Waals surface area contributed by atoms with Crippen LogP contribution in [0.4, 0.5) is 0 Å². The van der Waals surface area contributed by atoms with E-state index in [0.717, 1.165) is 63.0 Å². The highest BCUT2D eigenvalue weighted by atomic mass is 127. The molecule has 29 heavy (non-hydrogen) atoms. The summed E-state index contributed by atoms with van der Waals surface area (Å²) < 4.78 is 7.77. The van der Waals surface area contributed by atoms with E-state index in [4.69, 9.17) is 9.73 Å². The number of rotatable bonds is 4.